The van der Waals surface area contributed by atoms with Crippen LogP contribution < -0.4 is 11.1 Å². The maximum atomic E-state index is 5.90. The van der Waals surface area contributed by atoms with Crippen LogP contribution in [0.1, 0.15) is 44.4 Å². The van der Waals surface area contributed by atoms with Crippen molar-refractivity contribution in [1.82, 2.24) is 10.2 Å². The predicted molar refractivity (Wildman–Crippen MR) is 97.1 cm³/mol. The second-order valence-corrected chi connectivity index (χ2v) is 5.28. The molecule has 1 fully saturated rings. The molecule has 1 aromatic heterocycles. The number of rotatable bonds is 7. The van der Waals surface area contributed by atoms with E-state index < -0.39 is 0 Å². The molecule has 21 heavy (non-hydrogen) atoms. The van der Waals surface area contributed by atoms with Gasteiger partial charge in [0.05, 0.1) is 18.8 Å². The molecule has 1 aromatic rings. The van der Waals surface area contributed by atoms with Gasteiger partial charge in [0.2, 0.25) is 0 Å². The van der Waals surface area contributed by atoms with E-state index in [9.17, 15) is 0 Å². The number of unbranched alkanes of at least 4 members (excludes halogenated alkanes) is 1. The normalized spacial score (nSPS) is 17.5. The molecular weight excluding hydrogens is 379 g/mol. The lowest BCUT2D eigenvalue weighted by atomic mass is 10.2. The van der Waals surface area contributed by atoms with Crippen molar-refractivity contribution in [2.45, 2.75) is 38.6 Å². The first-order valence-electron chi connectivity index (χ1n) is 7.62. The third kappa shape index (κ3) is 5.86. The molecule has 0 aliphatic carbocycles. The summed E-state index contributed by atoms with van der Waals surface area (Å²) in [5.41, 5.74) is 5.90. The third-order valence-corrected chi connectivity index (χ3v) is 3.72. The van der Waals surface area contributed by atoms with Gasteiger partial charge in [-0.25, -0.2) is 0 Å². The number of nitrogens with one attached hydrogen (secondary N) is 1. The first-order valence-corrected chi connectivity index (χ1v) is 7.62. The topological polar surface area (TPSA) is 66.8 Å². The van der Waals surface area contributed by atoms with Crippen molar-refractivity contribution in [2.24, 2.45) is 10.7 Å². The second kappa shape index (κ2) is 10.0. The number of likely N-dealkylation sites (tertiary alicyclic amines) is 1. The van der Waals surface area contributed by atoms with Crippen molar-refractivity contribution in [3.63, 3.8) is 0 Å². The highest BCUT2D eigenvalue weighted by Crippen LogP contribution is 2.25. The van der Waals surface area contributed by atoms with Gasteiger partial charge in [0, 0.05) is 6.54 Å². The van der Waals surface area contributed by atoms with Gasteiger partial charge >= 0.3 is 0 Å². The van der Waals surface area contributed by atoms with Crippen molar-refractivity contribution >= 4 is 29.9 Å². The Morgan fingerprint density at radius 2 is 2.24 bits per heavy atom. The lowest BCUT2D eigenvalue weighted by Crippen LogP contribution is -2.34. The van der Waals surface area contributed by atoms with E-state index in [-0.39, 0.29) is 30.0 Å². The molecule has 120 valence electrons. The van der Waals surface area contributed by atoms with E-state index in [1.54, 1.807) is 6.26 Å². The lowest BCUT2D eigenvalue weighted by Gasteiger charge is -2.24. The Hall–Kier alpha value is -0.760. The summed E-state index contributed by atoms with van der Waals surface area (Å²) < 4.78 is 5.57. The number of nitrogens with two attached hydrogens (primary N) is 1. The fourth-order valence-electron chi connectivity index (χ4n) is 2.55. The van der Waals surface area contributed by atoms with Gasteiger partial charge in [0.15, 0.2) is 5.96 Å². The number of hydrogen-bond acceptors (Lipinski definition) is 3. The molecule has 3 N–H and O–H groups in total. The van der Waals surface area contributed by atoms with Gasteiger partial charge in [-0.3, -0.25) is 9.89 Å². The zero-order valence-electron chi connectivity index (χ0n) is 12.8. The van der Waals surface area contributed by atoms with Crippen LogP contribution in [0.25, 0.3) is 0 Å². The largest absolute Gasteiger partial charge is 0.468 e. The standard InChI is InChI=1S/C15H26N4O.HI/c1-2-3-8-17-15(16)18-12-13(14-7-6-11-20-14)19-9-4-5-10-19;/h6-7,11,13H,2-5,8-10,12H2,1H3,(H3,16,17,18);1H. The summed E-state index contributed by atoms with van der Waals surface area (Å²) in [5, 5.41) is 3.15. The summed E-state index contributed by atoms with van der Waals surface area (Å²) >= 11 is 0. The predicted octanol–water partition coefficient (Wildman–Crippen LogP) is 2.74. The van der Waals surface area contributed by atoms with E-state index in [0.717, 1.165) is 38.2 Å². The molecule has 0 spiro atoms. The van der Waals surface area contributed by atoms with E-state index in [1.807, 2.05) is 12.1 Å². The molecule has 0 saturated carbocycles. The fraction of sp³-hybridized carbons (Fsp3) is 0.667. The first kappa shape index (κ1) is 18.3. The molecule has 1 saturated heterocycles. The van der Waals surface area contributed by atoms with Gasteiger partial charge < -0.3 is 15.5 Å². The Morgan fingerprint density at radius 1 is 1.48 bits per heavy atom. The lowest BCUT2D eigenvalue weighted by molar-refractivity contribution is 0.221. The number of halogens is 1. The summed E-state index contributed by atoms with van der Waals surface area (Å²) in [6.07, 6.45) is 6.51. The van der Waals surface area contributed by atoms with Gasteiger partial charge in [-0.05, 0) is 44.5 Å². The molecule has 0 amide bonds. The Bertz CT molecular complexity index is 402. The summed E-state index contributed by atoms with van der Waals surface area (Å²) in [4.78, 5) is 6.91. The van der Waals surface area contributed by atoms with E-state index in [4.69, 9.17) is 10.2 Å². The molecular formula is C15H27IN4O. The third-order valence-electron chi connectivity index (χ3n) is 3.72. The zero-order chi connectivity index (χ0) is 14.2. The van der Waals surface area contributed by atoms with Crippen LogP contribution in [0.15, 0.2) is 27.8 Å². The van der Waals surface area contributed by atoms with Crippen molar-refractivity contribution in [3.05, 3.63) is 24.2 Å². The maximum absolute atomic E-state index is 5.90. The summed E-state index contributed by atoms with van der Waals surface area (Å²) in [6, 6.07) is 4.17. The highest BCUT2D eigenvalue weighted by Gasteiger charge is 2.25. The van der Waals surface area contributed by atoms with E-state index in [1.165, 1.54) is 12.8 Å². The average Bonchev–Trinajstić information content (AvgIpc) is 3.12. The fourth-order valence-corrected chi connectivity index (χ4v) is 2.55. The van der Waals surface area contributed by atoms with Crippen molar-refractivity contribution < 1.29 is 4.42 Å². The highest BCUT2D eigenvalue weighted by atomic mass is 127. The highest BCUT2D eigenvalue weighted by molar-refractivity contribution is 14.0. The molecule has 5 nitrogen and oxygen atoms in total. The number of aliphatic imine (C=N–C) groups is 1. The molecule has 0 bridgehead atoms. The Labute approximate surface area is 144 Å². The van der Waals surface area contributed by atoms with Gasteiger partial charge in [0.1, 0.15) is 5.76 Å². The average molecular weight is 406 g/mol. The summed E-state index contributed by atoms with van der Waals surface area (Å²) in [5.74, 6) is 1.52. The maximum Gasteiger partial charge on any atom is 0.188 e. The molecule has 1 aliphatic heterocycles. The van der Waals surface area contributed by atoms with Crippen LogP contribution >= 0.6 is 24.0 Å². The summed E-state index contributed by atoms with van der Waals surface area (Å²) in [6.45, 7) is 5.93. The molecule has 2 rings (SSSR count). The number of guanidine groups is 1. The molecule has 1 aliphatic rings. The first-order chi connectivity index (χ1) is 9.81. The van der Waals surface area contributed by atoms with Gasteiger partial charge in [-0.15, -0.1) is 24.0 Å². The minimum atomic E-state index is 0. The monoisotopic (exact) mass is 406 g/mol. The zero-order valence-corrected chi connectivity index (χ0v) is 15.1. The molecule has 2 heterocycles. The van der Waals surface area contributed by atoms with Crippen molar-refractivity contribution in [2.75, 3.05) is 26.2 Å². The van der Waals surface area contributed by atoms with Gasteiger partial charge in [-0.1, -0.05) is 13.3 Å². The molecule has 6 heteroatoms. The number of nitrogens with zero attached hydrogens (tertiary/aromatic N) is 2. The van der Waals surface area contributed by atoms with Crippen LogP contribution in [-0.4, -0.2) is 37.0 Å². The SMILES string of the molecule is CCCCNC(N)=NCC(c1ccco1)N1CCCC1.I. The quantitative estimate of drug-likeness (QED) is 0.316. The summed E-state index contributed by atoms with van der Waals surface area (Å²) in [7, 11) is 0. The Balaban J connectivity index is 0.00000220. The molecule has 1 atom stereocenters. The van der Waals surface area contributed by atoms with Crippen molar-refractivity contribution in [1.29, 1.82) is 0 Å². The van der Waals surface area contributed by atoms with Crippen LogP contribution in [0.2, 0.25) is 0 Å². The second-order valence-electron chi connectivity index (χ2n) is 5.28. The van der Waals surface area contributed by atoms with Crippen LogP contribution in [0, 0.1) is 0 Å². The van der Waals surface area contributed by atoms with Crippen LogP contribution in [-0.2, 0) is 0 Å². The number of furan rings is 1. The van der Waals surface area contributed by atoms with Crippen LogP contribution in [0.5, 0.6) is 0 Å². The minimum Gasteiger partial charge on any atom is -0.468 e. The van der Waals surface area contributed by atoms with Crippen LogP contribution in [0.4, 0.5) is 0 Å². The van der Waals surface area contributed by atoms with E-state index in [0.29, 0.717) is 12.5 Å². The number of hydrogen-bond donors (Lipinski definition) is 2. The van der Waals surface area contributed by atoms with Crippen molar-refractivity contribution in [3.8, 4) is 0 Å². The Kier molecular flexibility index (Phi) is 8.75. The molecule has 1 unspecified atom stereocenters. The van der Waals surface area contributed by atoms with E-state index >= 15 is 0 Å². The molecule has 0 aromatic carbocycles. The smallest absolute Gasteiger partial charge is 0.188 e. The van der Waals surface area contributed by atoms with E-state index in [2.05, 4.69) is 22.1 Å². The van der Waals surface area contributed by atoms with Gasteiger partial charge in [0.25, 0.3) is 0 Å². The Morgan fingerprint density at radius 3 is 2.86 bits per heavy atom. The van der Waals surface area contributed by atoms with Crippen LogP contribution in [0.3, 0.4) is 0 Å². The minimum absolute atomic E-state index is 0. The van der Waals surface area contributed by atoms with Gasteiger partial charge in [-0.2, -0.15) is 0 Å². The molecule has 0 radical (unpaired) electrons.